The molecule has 2 atom stereocenters. The molecular weight excluding hydrogens is 586 g/mol. The van der Waals surface area contributed by atoms with Gasteiger partial charge in [0.15, 0.2) is 5.82 Å². The van der Waals surface area contributed by atoms with E-state index < -0.39 is 17.3 Å². The Morgan fingerprint density at radius 1 is 1.23 bits per heavy atom. The van der Waals surface area contributed by atoms with Crippen LogP contribution in [0.4, 0.5) is 0 Å². The molecule has 3 aromatic rings. The first-order valence-electron chi connectivity index (χ1n) is 15.5. The van der Waals surface area contributed by atoms with Gasteiger partial charge in [-0.2, -0.15) is 4.72 Å². The number of nitrogens with zero attached hydrogens (tertiary/aromatic N) is 5. The molecule has 6 rings (SSSR count). The van der Waals surface area contributed by atoms with Crippen LogP contribution in [0.3, 0.4) is 0 Å². The van der Waals surface area contributed by atoms with Gasteiger partial charge in [0, 0.05) is 36.1 Å². The summed E-state index contributed by atoms with van der Waals surface area (Å²) in [6, 6.07) is 5.01. The summed E-state index contributed by atoms with van der Waals surface area (Å²) in [7, 11) is 0. The summed E-state index contributed by atoms with van der Waals surface area (Å²) in [5.41, 5.74) is 1.09. The average molecular weight is 628 g/mol. The van der Waals surface area contributed by atoms with Crippen LogP contribution in [0.1, 0.15) is 81.1 Å². The minimum absolute atomic E-state index is 0.00601. The highest BCUT2D eigenvalue weighted by Crippen LogP contribution is 2.50. The Bertz CT molecular complexity index is 1420. The van der Waals surface area contributed by atoms with E-state index in [0.29, 0.717) is 29.2 Å². The lowest BCUT2D eigenvalue weighted by Crippen LogP contribution is -2.31. The molecule has 0 bridgehead atoms. The first-order valence-corrected chi connectivity index (χ1v) is 17.1. The van der Waals surface area contributed by atoms with Crippen LogP contribution in [0.15, 0.2) is 35.6 Å². The molecule has 12 heteroatoms. The maximum Gasteiger partial charge on any atom is 0.295 e. The number of hydrogen-bond acceptors (Lipinski definition) is 7. The van der Waals surface area contributed by atoms with Gasteiger partial charge in [0.2, 0.25) is 5.88 Å². The normalized spacial score (nSPS) is 20.5. The third-order valence-electron chi connectivity index (χ3n) is 8.96. The van der Waals surface area contributed by atoms with Crippen LogP contribution in [0, 0.1) is 30.6 Å². The third kappa shape index (κ3) is 7.74. The van der Waals surface area contributed by atoms with Gasteiger partial charge in [-0.3, -0.25) is 9.48 Å². The van der Waals surface area contributed by atoms with Crippen molar-refractivity contribution in [3.8, 4) is 11.7 Å². The van der Waals surface area contributed by atoms with Crippen molar-refractivity contribution in [3.05, 3.63) is 46.9 Å². The van der Waals surface area contributed by atoms with E-state index in [9.17, 15) is 9.35 Å². The molecule has 1 saturated heterocycles. The van der Waals surface area contributed by atoms with E-state index >= 15 is 0 Å². The van der Waals surface area contributed by atoms with Gasteiger partial charge in [0.05, 0.1) is 12.2 Å². The summed E-state index contributed by atoms with van der Waals surface area (Å²) in [6.45, 7) is 8.76. The van der Waals surface area contributed by atoms with Gasteiger partial charge in [0.1, 0.15) is 16.5 Å². The Morgan fingerprint density at radius 3 is 2.67 bits per heavy atom. The van der Waals surface area contributed by atoms with Crippen molar-refractivity contribution in [2.24, 2.45) is 23.7 Å². The highest BCUT2D eigenvalue weighted by molar-refractivity contribution is 7.90. The van der Waals surface area contributed by atoms with Gasteiger partial charge in [-0.25, -0.2) is 9.67 Å². The van der Waals surface area contributed by atoms with Gasteiger partial charge in [0.25, 0.3) is 10.9 Å². The Hall–Kier alpha value is -2.60. The number of halogens is 1. The van der Waals surface area contributed by atoms with Crippen LogP contribution in [0.5, 0.6) is 5.88 Å². The Labute approximate surface area is 261 Å². The summed E-state index contributed by atoms with van der Waals surface area (Å²) in [5.74, 6) is 3.67. The quantitative estimate of drug-likeness (QED) is 0.185. The van der Waals surface area contributed by atoms with Crippen molar-refractivity contribution in [1.29, 1.82) is 0 Å². The molecule has 2 N–H and O–H groups in total. The van der Waals surface area contributed by atoms with Gasteiger partial charge >= 0.3 is 0 Å². The zero-order valence-electron chi connectivity index (χ0n) is 25.2. The molecule has 10 nitrogen and oxygen atoms in total. The number of hydrogen-bond donors (Lipinski definition) is 2. The fourth-order valence-electron chi connectivity index (χ4n) is 6.46. The number of nitrogens with one attached hydrogen (secondary N) is 2. The predicted octanol–water partition coefficient (Wildman–Crippen LogP) is 5.25. The summed E-state index contributed by atoms with van der Waals surface area (Å²) < 4.78 is 24.9. The van der Waals surface area contributed by atoms with Crippen LogP contribution in [0.25, 0.3) is 5.82 Å². The molecule has 0 spiro atoms. The smallest absolute Gasteiger partial charge is 0.295 e. The summed E-state index contributed by atoms with van der Waals surface area (Å²) in [4.78, 5) is 17.3. The number of aromatic nitrogens is 5. The molecule has 2 saturated carbocycles. The van der Waals surface area contributed by atoms with E-state index in [4.69, 9.17) is 16.3 Å². The minimum atomic E-state index is -1.84. The predicted molar refractivity (Wildman–Crippen MR) is 166 cm³/mol. The molecule has 3 fully saturated rings. The van der Waals surface area contributed by atoms with Crippen LogP contribution in [-0.2, 0) is 17.9 Å². The molecule has 0 radical (unpaired) electrons. The number of rotatable bonds is 14. The lowest BCUT2D eigenvalue weighted by Gasteiger charge is -2.17. The van der Waals surface area contributed by atoms with Gasteiger partial charge in [-0.1, -0.05) is 11.6 Å². The second-order valence-electron chi connectivity index (χ2n) is 13.1. The SMILES string of the molecule is Cc1cn(CCCC2CNC(C)(C)C2)nc1[S+]([O-])NC(=O)c1ccc(-n2ccc(OCCC(C3CC3)C3CC3)n2)nc1Cl. The molecule has 3 aliphatic rings. The topological polar surface area (TPSA) is 122 Å². The molecule has 232 valence electrons. The maximum atomic E-state index is 13.0. The molecular formula is C31H42ClN7O3S. The van der Waals surface area contributed by atoms with Gasteiger partial charge in [-0.05, 0) is 114 Å². The monoisotopic (exact) mass is 627 g/mol. The summed E-state index contributed by atoms with van der Waals surface area (Å²) in [5, 5.41) is 12.9. The van der Waals surface area contributed by atoms with E-state index in [1.54, 1.807) is 29.1 Å². The van der Waals surface area contributed by atoms with Crippen molar-refractivity contribution in [1.82, 2.24) is 34.6 Å². The Balaban J connectivity index is 0.996. The molecule has 2 aliphatic carbocycles. The summed E-state index contributed by atoms with van der Waals surface area (Å²) >= 11 is 4.56. The number of pyridine rings is 1. The van der Waals surface area contributed by atoms with E-state index in [-0.39, 0.29) is 16.3 Å². The number of carbonyl (C=O) groups excluding carboxylic acids is 1. The first kappa shape index (κ1) is 30.4. The molecule has 2 unspecified atom stereocenters. The molecule has 1 aliphatic heterocycles. The van der Waals surface area contributed by atoms with Crippen molar-refractivity contribution >= 4 is 28.9 Å². The van der Waals surface area contributed by atoms with Crippen LogP contribution < -0.4 is 14.8 Å². The van der Waals surface area contributed by atoms with Gasteiger partial charge in [-0.15, -0.1) is 10.2 Å². The van der Waals surface area contributed by atoms with E-state index in [1.165, 1.54) is 32.1 Å². The number of amides is 1. The maximum absolute atomic E-state index is 13.0. The first-order chi connectivity index (χ1) is 20.6. The molecule has 1 amide bonds. The lowest BCUT2D eigenvalue weighted by molar-refractivity contribution is 0.0981. The number of aryl methyl sites for hydroxylation is 2. The average Bonchev–Trinajstić information content (AvgIpc) is 3.87. The van der Waals surface area contributed by atoms with Gasteiger partial charge < -0.3 is 14.6 Å². The largest absolute Gasteiger partial charge is 0.586 e. The highest BCUT2D eigenvalue weighted by atomic mass is 35.5. The number of ether oxygens (including phenoxy) is 1. The molecule has 0 aromatic carbocycles. The zero-order chi connectivity index (χ0) is 30.1. The van der Waals surface area contributed by atoms with Crippen molar-refractivity contribution in [2.75, 3.05) is 13.2 Å². The third-order valence-corrected chi connectivity index (χ3v) is 10.4. The Kier molecular flexibility index (Phi) is 9.05. The molecule has 4 heterocycles. The Morgan fingerprint density at radius 2 is 2.00 bits per heavy atom. The fraction of sp³-hybridized carbons (Fsp3) is 0.613. The van der Waals surface area contributed by atoms with E-state index in [0.717, 1.165) is 55.7 Å². The van der Waals surface area contributed by atoms with Crippen molar-refractivity contribution < 1.29 is 14.1 Å². The van der Waals surface area contributed by atoms with E-state index in [1.807, 2.05) is 17.8 Å². The second-order valence-corrected chi connectivity index (χ2v) is 14.6. The van der Waals surface area contributed by atoms with Crippen molar-refractivity contribution in [2.45, 2.75) is 89.2 Å². The van der Waals surface area contributed by atoms with Crippen molar-refractivity contribution in [3.63, 3.8) is 0 Å². The minimum Gasteiger partial charge on any atom is -0.586 e. The van der Waals surface area contributed by atoms with E-state index in [2.05, 4.69) is 39.1 Å². The van der Waals surface area contributed by atoms with Crippen LogP contribution in [0.2, 0.25) is 5.15 Å². The standard InChI is InChI=1S/C31H42ClN7O3S/c1-20-19-38(14-4-5-21-17-31(2,3)33-18-21)36-30(20)43(41)37-29(40)25-10-11-26(34-28(25)32)39-15-12-27(35-39)42-16-13-24(22-6-7-22)23-8-9-23/h10-12,15,19,21-24,33H,4-9,13-14,16-18H2,1-3H3,(H,37,40). The molecule has 43 heavy (non-hydrogen) atoms. The fourth-order valence-corrected chi connectivity index (χ4v) is 7.59. The number of carbonyl (C=O) groups is 1. The lowest BCUT2D eigenvalue weighted by atomic mass is 9.94. The second kappa shape index (κ2) is 12.8. The molecule has 3 aromatic heterocycles. The summed E-state index contributed by atoms with van der Waals surface area (Å²) in [6.07, 6.45) is 13.5. The zero-order valence-corrected chi connectivity index (χ0v) is 26.8. The van der Waals surface area contributed by atoms with Crippen LogP contribution in [-0.4, -0.2) is 53.7 Å². The van der Waals surface area contributed by atoms with Crippen LogP contribution >= 0.6 is 11.6 Å². The highest BCUT2D eigenvalue weighted by Gasteiger charge is 2.41.